The molecule has 1 N–H and O–H groups in total. The van der Waals surface area contributed by atoms with Crippen molar-refractivity contribution >= 4 is 34.3 Å². The Bertz CT molecular complexity index is 1220. The molecule has 0 atom stereocenters. The highest BCUT2D eigenvalue weighted by molar-refractivity contribution is 6.00. The summed E-state index contributed by atoms with van der Waals surface area (Å²) < 4.78 is 10.5. The maximum absolute atomic E-state index is 12.3. The molecule has 0 spiro atoms. The van der Waals surface area contributed by atoms with Crippen LogP contribution in [-0.4, -0.2) is 24.3 Å². The van der Waals surface area contributed by atoms with Crippen LogP contribution in [0.4, 0.5) is 5.69 Å². The summed E-state index contributed by atoms with van der Waals surface area (Å²) in [5.74, 6) is -1.75. The van der Waals surface area contributed by atoms with E-state index >= 15 is 0 Å². The van der Waals surface area contributed by atoms with Crippen LogP contribution in [0.1, 0.15) is 47.2 Å². The number of amides is 1. The molecule has 7 heteroatoms. The van der Waals surface area contributed by atoms with Gasteiger partial charge in [0.2, 0.25) is 11.7 Å². The fourth-order valence-electron chi connectivity index (χ4n) is 2.71. The molecule has 7 nitrogen and oxygen atoms in total. The second-order valence-electron chi connectivity index (χ2n) is 8.26. The molecule has 0 aliphatic carbocycles. The van der Waals surface area contributed by atoms with Crippen molar-refractivity contribution in [3.05, 3.63) is 75.6 Å². The molecule has 0 aliphatic rings. The molecular formula is C24H23NO6. The van der Waals surface area contributed by atoms with Crippen LogP contribution in [0.3, 0.4) is 0 Å². The van der Waals surface area contributed by atoms with Crippen molar-refractivity contribution in [2.45, 2.75) is 27.7 Å². The molecule has 0 saturated heterocycles. The summed E-state index contributed by atoms with van der Waals surface area (Å²) >= 11 is 0. The van der Waals surface area contributed by atoms with Crippen LogP contribution in [0.15, 0.2) is 57.7 Å². The first kappa shape index (κ1) is 22.0. The number of fused-ring (bicyclic) bond motifs is 1. The number of nitrogens with one attached hydrogen (secondary N) is 1. The fourth-order valence-corrected chi connectivity index (χ4v) is 2.71. The third-order valence-electron chi connectivity index (χ3n) is 4.56. The van der Waals surface area contributed by atoms with Crippen molar-refractivity contribution in [3.63, 3.8) is 0 Å². The highest BCUT2D eigenvalue weighted by Crippen LogP contribution is 2.18. The van der Waals surface area contributed by atoms with Crippen molar-refractivity contribution in [3.8, 4) is 0 Å². The maximum atomic E-state index is 12.3. The zero-order chi connectivity index (χ0) is 22.8. The normalized spacial score (nSPS) is 11.2. The Balaban J connectivity index is 1.65. The van der Waals surface area contributed by atoms with Gasteiger partial charge in [-0.1, -0.05) is 32.4 Å². The van der Waals surface area contributed by atoms with Gasteiger partial charge in [0.25, 0.3) is 0 Å². The number of anilines is 1. The number of benzene rings is 2. The Morgan fingerprint density at radius 2 is 1.68 bits per heavy atom. The first-order valence-electron chi connectivity index (χ1n) is 9.71. The summed E-state index contributed by atoms with van der Waals surface area (Å²) in [6.07, 6.45) is 0. The molecule has 3 aromatic rings. The van der Waals surface area contributed by atoms with Crippen molar-refractivity contribution in [1.82, 2.24) is 0 Å². The van der Waals surface area contributed by atoms with Crippen LogP contribution in [0.2, 0.25) is 0 Å². The fraction of sp³-hybridized carbons (Fsp3) is 0.250. The first-order chi connectivity index (χ1) is 14.5. The summed E-state index contributed by atoms with van der Waals surface area (Å²) in [7, 11) is 0. The zero-order valence-corrected chi connectivity index (χ0v) is 17.8. The molecule has 160 valence electrons. The number of hydrogen-bond donors (Lipinski definition) is 1. The zero-order valence-electron chi connectivity index (χ0n) is 17.8. The molecule has 3 rings (SSSR count). The third-order valence-corrected chi connectivity index (χ3v) is 4.56. The smallest absolute Gasteiger partial charge is 0.374 e. The van der Waals surface area contributed by atoms with E-state index in [2.05, 4.69) is 5.32 Å². The number of esters is 1. The Morgan fingerprint density at radius 1 is 1.00 bits per heavy atom. The van der Waals surface area contributed by atoms with Gasteiger partial charge < -0.3 is 14.5 Å². The van der Waals surface area contributed by atoms with Gasteiger partial charge in [0.1, 0.15) is 5.58 Å². The quantitative estimate of drug-likeness (QED) is 0.491. The molecule has 0 saturated carbocycles. The van der Waals surface area contributed by atoms with E-state index in [9.17, 15) is 19.2 Å². The van der Waals surface area contributed by atoms with Crippen LogP contribution in [0.25, 0.3) is 11.0 Å². The first-order valence-corrected chi connectivity index (χ1v) is 9.71. The summed E-state index contributed by atoms with van der Waals surface area (Å²) in [6.45, 7) is 6.73. The van der Waals surface area contributed by atoms with E-state index in [1.807, 2.05) is 6.92 Å². The number of hydrogen-bond acceptors (Lipinski definition) is 6. The Morgan fingerprint density at radius 3 is 2.32 bits per heavy atom. The third kappa shape index (κ3) is 5.25. The Labute approximate surface area is 179 Å². The highest BCUT2D eigenvalue weighted by Gasteiger charge is 2.21. The topological polar surface area (TPSA) is 103 Å². The summed E-state index contributed by atoms with van der Waals surface area (Å²) in [4.78, 5) is 48.8. The number of ketones is 1. The van der Waals surface area contributed by atoms with E-state index in [-0.39, 0.29) is 22.7 Å². The molecule has 0 radical (unpaired) electrons. The molecule has 31 heavy (non-hydrogen) atoms. The molecule has 1 aromatic heterocycles. The molecule has 0 aliphatic heterocycles. The van der Waals surface area contributed by atoms with Crippen LogP contribution in [-0.2, 0) is 9.53 Å². The average Bonchev–Trinajstić information content (AvgIpc) is 2.72. The van der Waals surface area contributed by atoms with Gasteiger partial charge in [0.15, 0.2) is 17.8 Å². The van der Waals surface area contributed by atoms with Crippen LogP contribution in [0, 0.1) is 12.3 Å². The van der Waals surface area contributed by atoms with Crippen molar-refractivity contribution in [2.75, 3.05) is 11.9 Å². The lowest BCUT2D eigenvalue weighted by Gasteiger charge is -2.17. The number of rotatable bonds is 5. The standard InChI is InChI=1S/C24H23NO6/c1-14-5-10-20-17(11-14)18(26)12-21(31-20)22(28)30-13-19(27)15-6-8-16(9-7-15)25-23(29)24(2,3)4/h5-12H,13H2,1-4H3,(H,25,29). The van der Waals surface area contributed by atoms with Crippen molar-refractivity contribution in [2.24, 2.45) is 5.41 Å². The number of aryl methyl sites for hydroxylation is 1. The second kappa shape index (κ2) is 8.55. The van der Waals surface area contributed by atoms with E-state index in [0.717, 1.165) is 11.6 Å². The largest absolute Gasteiger partial charge is 0.451 e. The van der Waals surface area contributed by atoms with Crippen molar-refractivity contribution < 1.29 is 23.5 Å². The molecule has 2 aromatic carbocycles. The van der Waals surface area contributed by atoms with Crippen LogP contribution in [0.5, 0.6) is 0 Å². The van der Waals surface area contributed by atoms with E-state index in [0.29, 0.717) is 16.6 Å². The second-order valence-corrected chi connectivity index (χ2v) is 8.26. The van der Waals surface area contributed by atoms with Crippen LogP contribution < -0.4 is 10.7 Å². The predicted octanol–water partition coefficient (Wildman–Crippen LogP) is 4.13. The predicted molar refractivity (Wildman–Crippen MR) is 116 cm³/mol. The number of carbonyl (C=O) groups is 3. The molecule has 1 heterocycles. The van der Waals surface area contributed by atoms with Crippen molar-refractivity contribution in [1.29, 1.82) is 0 Å². The van der Waals surface area contributed by atoms with Gasteiger partial charge in [0.05, 0.1) is 5.39 Å². The monoisotopic (exact) mass is 421 g/mol. The number of Topliss-reactive ketones (excluding diaryl/α,β-unsaturated/α-hetero) is 1. The van der Waals surface area contributed by atoms with Gasteiger partial charge >= 0.3 is 5.97 Å². The minimum absolute atomic E-state index is 0.146. The van der Waals surface area contributed by atoms with Gasteiger partial charge in [-0.25, -0.2) is 4.79 Å². The lowest BCUT2D eigenvalue weighted by Crippen LogP contribution is -2.27. The minimum atomic E-state index is -0.901. The lowest BCUT2D eigenvalue weighted by molar-refractivity contribution is -0.123. The van der Waals surface area contributed by atoms with Crippen LogP contribution >= 0.6 is 0 Å². The summed E-state index contributed by atoms with van der Waals surface area (Å²) in [6, 6.07) is 12.4. The van der Waals surface area contributed by atoms with E-state index < -0.39 is 23.8 Å². The molecule has 0 unspecified atom stereocenters. The van der Waals surface area contributed by atoms with E-state index in [1.54, 1.807) is 51.1 Å². The maximum Gasteiger partial charge on any atom is 0.374 e. The minimum Gasteiger partial charge on any atom is -0.451 e. The van der Waals surface area contributed by atoms with Gasteiger partial charge in [-0.05, 0) is 43.3 Å². The highest BCUT2D eigenvalue weighted by atomic mass is 16.5. The molecular weight excluding hydrogens is 398 g/mol. The van der Waals surface area contributed by atoms with E-state index in [1.165, 1.54) is 12.1 Å². The SMILES string of the molecule is Cc1ccc2oc(C(=O)OCC(=O)c3ccc(NC(=O)C(C)(C)C)cc3)cc(=O)c2c1. The lowest BCUT2D eigenvalue weighted by atomic mass is 9.95. The number of ether oxygens (including phenoxy) is 1. The Hall–Kier alpha value is -3.74. The number of carbonyl (C=O) groups excluding carboxylic acids is 3. The van der Waals surface area contributed by atoms with Gasteiger partial charge in [-0.15, -0.1) is 0 Å². The molecule has 0 fully saturated rings. The van der Waals surface area contributed by atoms with Gasteiger partial charge in [-0.2, -0.15) is 0 Å². The van der Waals surface area contributed by atoms with Gasteiger partial charge in [0, 0.05) is 22.7 Å². The molecule has 0 bridgehead atoms. The average molecular weight is 421 g/mol. The van der Waals surface area contributed by atoms with Gasteiger partial charge in [-0.3, -0.25) is 14.4 Å². The molecule has 1 amide bonds. The van der Waals surface area contributed by atoms with E-state index in [4.69, 9.17) is 9.15 Å². The summed E-state index contributed by atoms with van der Waals surface area (Å²) in [5.41, 5.74) is 1.13. The Kier molecular flexibility index (Phi) is 6.06. The summed E-state index contributed by atoms with van der Waals surface area (Å²) in [5, 5.41) is 3.13.